The highest BCUT2D eigenvalue weighted by atomic mass is 19.1. The second-order valence-corrected chi connectivity index (χ2v) is 8.90. The van der Waals surface area contributed by atoms with Gasteiger partial charge in [0.1, 0.15) is 11.6 Å². The molecule has 2 amide bonds. The number of piperidine rings is 1. The first-order valence-corrected chi connectivity index (χ1v) is 10.8. The lowest BCUT2D eigenvalue weighted by molar-refractivity contribution is -0.100. The third kappa shape index (κ3) is 3.57. The summed E-state index contributed by atoms with van der Waals surface area (Å²) in [5.74, 6) is 0.897. The number of carbonyl (C=O) groups is 1. The number of halogens is 1. The number of nitriles is 1. The molecule has 1 N–H and O–H groups in total. The van der Waals surface area contributed by atoms with Gasteiger partial charge in [-0.15, -0.1) is 0 Å². The minimum atomic E-state index is -0.575. The molecule has 0 saturated carbocycles. The fourth-order valence-electron chi connectivity index (χ4n) is 5.16. The Bertz CT molecular complexity index is 1260. The Kier molecular flexibility index (Phi) is 5.01. The number of aryl methyl sites for hydroxylation is 1. The van der Waals surface area contributed by atoms with Gasteiger partial charge in [-0.2, -0.15) is 5.26 Å². The van der Waals surface area contributed by atoms with Crippen molar-refractivity contribution >= 4 is 11.7 Å². The summed E-state index contributed by atoms with van der Waals surface area (Å²) in [6.07, 6.45) is 7.76. The fourth-order valence-corrected chi connectivity index (χ4v) is 5.16. The lowest BCUT2D eigenvalue weighted by Gasteiger charge is -2.62. The summed E-state index contributed by atoms with van der Waals surface area (Å²) >= 11 is 0. The van der Waals surface area contributed by atoms with Gasteiger partial charge in [0, 0.05) is 29.7 Å². The molecule has 4 heterocycles. The van der Waals surface area contributed by atoms with Crippen molar-refractivity contribution in [3.63, 3.8) is 0 Å². The van der Waals surface area contributed by atoms with Crippen LogP contribution in [-0.4, -0.2) is 36.9 Å². The first-order chi connectivity index (χ1) is 15.9. The van der Waals surface area contributed by atoms with E-state index in [1.165, 1.54) is 12.4 Å². The maximum atomic E-state index is 13.4. The van der Waals surface area contributed by atoms with E-state index in [9.17, 15) is 9.18 Å². The molecule has 33 heavy (non-hydrogen) atoms. The molecule has 2 saturated heterocycles. The molecule has 3 aromatic rings. The Morgan fingerprint density at radius 1 is 1.18 bits per heavy atom. The van der Waals surface area contributed by atoms with Crippen molar-refractivity contribution in [2.45, 2.75) is 44.7 Å². The summed E-state index contributed by atoms with van der Waals surface area (Å²) in [6, 6.07) is 7.41. The molecule has 2 aliphatic heterocycles. The second-order valence-electron chi connectivity index (χ2n) is 8.90. The first-order valence-electron chi connectivity index (χ1n) is 10.8. The number of carbonyl (C=O) groups excluding carboxylic acids is 1. The maximum Gasteiger partial charge on any atom is 0.322 e. The Hall–Kier alpha value is -3.93. The highest BCUT2D eigenvalue weighted by Crippen LogP contribution is 2.55. The number of fused-ring (bicyclic) bond motifs is 2. The van der Waals surface area contributed by atoms with Gasteiger partial charge < -0.3 is 10.2 Å². The van der Waals surface area contributed by atoms with Crippen LogP contribution in [0.2, 0.25) is 0 Å². The fraction of sp³-hybridized carbons (Fsp3) is 0.333. The third-order valence-corrected chi connectivity index (χ3v) is 6.53. The van der Waals surface area contributed by atoms with E-state index in [1.807, 2.05) is 30.0 Å². The topological polar surface area (TPSA) is 108 Å². The molecule has 166 valence electrons. The van der Waals surface area contributed by atoms with Gasteiger partial charge in [-0.1, -0.05) is 13.0 Å². The molecular formula is C24H22FN7O. The molecule has 0 radical (unpaired) electrons. The normalized spacial score (nSPS) is 23.4. The lowest BCUT2D eigenvalue weighted by Crippen LogP contribution is -2.70. The standard InChI is InChI=1S/C24H22FN7O/c1-14-5-19-8-24(7-14,22-29-10-16(9-26)11-30-22)32(19)23(33)31-18-4-3-15(2)20(6-18)21-27-12-17(25)13-28-21/h3-4,6,10-14,19H,5,7-8H2,1-2H3,(H,31,33)/t14-,19-,24?/m1/s1. The monoisotopic (exact) mass is 443 g/mol. The second kappa shape index (κ2) is 7.89. The van der Waals surface area contributed by atoms with Crippen LogP contribution in [0.15, 0.2) is 43.0 Å². The molecule has 5 rings (SSSR count). The zero-order valence-corrected chi connectivity index (χ0v) is 18.3. The van der Waals surface area contributed by atoms with Crippen molar-refractivity contribution in [2.24, 2.45) is 5.92 Å². The van der Waals surface area contributed by atoms with E-state index in [2.05, 4.69) is 32.2 Å². The first kappa shape index (κ1) is 20.9. The van der Waals surface area contributed by atoms with Crippen molar-refractivity contribution in [1.29, 1.82) is 5.26 Å². The molecule has 8 nitrogen and oxygen atoms in total. The number of nitrogens with one attached hydrogen (secondary N) is 1. The number of anilines is 1. The number of rotatable bonds is 3. The zero-order valence-electron chi connectivity index (χ0n) is 18.3. The van der Waals surface area contributed by atoms with Crippen LogP contribution in [0.3, 0.4) is 0 Å². The summed E-state index contributed by atoms with van der Waals surface area (Å²) in [5, 5.41) is 12.1. The van der Waals surface area contributed by atoms with Gasteiger partial charge in [-0.3, -0.25) is 0 Å². The van der Waals surface area contributed by atoms with Crippen molar-refractivity contribution in [2.75, 3.05) is 5.32 Å². The summed E-state index contributed by atoms with van der Waals surface area (Å²) in [6.45, 7) is 4.08. The Labute approximate surface area is 190 Å². The van der Waals surface area contributed by atoms with Gasteiger partial charge in [0.05, 0.1) is 18.0 Å². The van der Waals surface area contributed by atoms with Gasteiger partial charge in [0.15, 0.2) is 17.5 Å². The van der Waals surface area contributed by atoms with E-state index in [0.717, 1.165) is 42.8 Å². The van der Waals surface area contributed by atoms with Crippen LogP contribution in [0.5, 0.6) is 0 Å². The van der Waals surface area contributed by atoms with Crippen LogP contribution in [0.25, 0.3) is 11.4 Å². The number of amides is 2. The summed E-state index contributed by atoms with van der Waals surface area (Å²) < 4.78 is 13.2. The summed E-state index contributed by atoms with van der Waals surface area (Å²) in [5.41, 5.74) is 2.05. The number of nitrogens with zero attached hydrogens (tertiary/aromatic N) is 6. The number of hydrogen-bond acceptors (Lipinski definition) is 6. The predicted molar refractivity (Wildman–Crippen MR) is 118 cm³/mol. The number of hydrogen-bond donors (Lipinski definition) is 1. The van der Waals surface area contributed by atoms with Crippen LogP contribution in [0.1, 0.15) is 43.1 Å². The molecule has 0 aliphatic carbocycles. The molecule has 9 heteroatoms. The van der Waals surface area contributed by atoms with E-state index in [4.69, 9.17) is 5.26 Å². The van der Waals surface area contributed by atoms with E-state index in [0.29, 0.717) is 28.8 Å². The molecule has 1 unspecified atom stereocenters. The predicted octanol–water partition coefficient (Wildman–Crippen LogP) is 4.18. The minimum Gasteiger partial charge on any atom is -0.308 e. The van der Waals surface area contributed by atoms with E-state index >= 15 is 0 Å². The number of urea groups is 1. The quantitative estimate of drug-likeness (QED) is 0.651. The van der Waals surface area contributed by atoms with Crippen LogP contribution in [0, 0.1) is 30.0 Å². The smallest absolute Gasteiger partial charge is 0.308 e. The van der Waals surface area contributed by atoms with Crippen LogP contribution < -0.4 is 5.32 Å². The Morgan fingerprint density at radius 3 is 2.61 bits per heavy atom. The zero-order chi connectivity index (χ0) is 23.2. The third-order valence-electron chi connectivity index (χ3n) is 6.53. The largest absolute Gasteiger partial charge is 0.322 e. The average Bonchev–Trinajstić information content (AvgIpc) is 2.80. The summed E-state index contributed by atoms with van der Waals surface area (Å²) in [4.78, 5) is 32.2. The summed E-state index contributed by atoms with van der Waals surface area (Å²) in [7, 11) is 0. The Morgan fingerprint density at radius 2 is 1.91 bits per heavy atom. The number of aromatic nitrogens is 4. The Balaban J connectivity index is 1.43. The molecule has 2 aliphatic rings. The van der Waals surface area contributed by atoms with Gasteiger partial charge in [0.25, 0.3) is 0 Å². The van der Waals surface area contributed by atoms with Gasteiger partial charge in [-0.25, -0.2) is 29.1 Å². The highest BCUT2D eigenvalue weighted by molar-refractivity contribution is 5.92. The van der Waals surface area contributed by atoms with Crippen molar-refractivity contribution in [3.05, 3.63) is 65.8 Å². The number of benzene rings is 1. The van der Waals surface area contributed by atoms with E-state index in [-0.39, 0.29) is 12.1 Å². The molecule has 2 fully saturated rings. The van der Waals surface area contributed by atoms with Gasteiger partial charge in [-0.05, 0) is 49.8 Å². The minimum absolute atomic E-state index is 0.110. The molecular weight excluding hydrogens is 421 g/mol. The van der Waals surface area contributed by atoms with Gasteiger partial charge in [0.2, 0.25) is 0 Å². The molecule has 0 spiro atoms. The van der Waals surface area contributed by atoms with Crippen LogP contribution in [0.4, 0.5) is 14.9 Å². The van der Waals surface area contributed by atoms with Gasteiger partial charge >= 0.3 is 6.03 Å². The average molecular weight is 443 g/mol. The molecule has 2 bridgehead atoms. The van der Waals surface area contributed by atoms with Crippen LogP contribution >= 0.6 is 0 Å². The van der Waals surface area contributed by atoms with Crippen LogP contribution in [-0.2, 0) is 5.54 Å². The lowest BCUT2D eigenvalue weighted by atomic mass is 9.64. The van der Waals surface area contributed by atoms with E-state index < -0.39 is 11.4 Å². The molecule has 1 aromatic carbocycles. The van der Waals surface area contributed by atoms with E-state index in [1.54, 1.807) is 6.07 Å². The maximum absolute atomic E-state index is 13.4. The van der Waals surface area contributed by atoms with Crippen molar-refractivity contribution in [3.8, 4) is 17.5 Å². The van der Waals surface area contributed by atoms with Crippen molar-refractivity contribution < 1.29 is 9.18 Å². The molecule has 2 aromatic heterocycles. The van der Waals surface area contributed by atoms with Crippen molar-refractivity contribution in [1.82, 2.24) is 24.8 Å². The molecule has 3 atom stereocenters. The highest BCUT2D eigenvalue weighted by Gasteiger charge is 2.60. The SMILES string of the molecule is Cc1ccc(NC(=O)N2[C@@H]3C[C@@H](C)CC2(c2ncc(C#N)cn2)C3)cc1-c1ncc(F)cn1.